The predicted octanol–water partition coefficient (Wildman–Crippen LogP) is 2.26. The van der Waals surface area contributed by atoms with Gasteiger partial charge in [-0.1, -0.05) is 31.4 Å². The molecule has 2 saturated heterocycles. The summed E-state index contributed by atoms with van der Waals surface area (Å²) in [7, 11) is 1.64. The van der Waals surface area contributed by atoms with Gasteiger partial charge < -0.3 is 20.3 Å². The minimum Gasteiger partial charge on any atom is -0.497 e. The molecule has 1 spiro atoms. The molecule has 1 saturated carbocycles. The molecular formula is C21H30ClN3O3. The molecule has 2 atom stereocenters. The van der Waals surface area contributed by atoms with Crippen LogP contribution >= 0.6 is 12.4 Å². The average Bonchev–Trinajstić information content (AvgIpc) is 3.20. The highest BCUT2D eigenvalue weighted by atomic mass is 35.5. The fourth-order valence-electron chi connectivity index (χ4n) is 4.87. The Hall–Kier alpha value is -1.79. The minimum atomic E-state index is -0.762. The molecule has 2 N–H and O–H groups in total. The number of methoxy groups -OCH3 is 1. The summed E-state index contributed by atoms with van der Waals surface area (Å²) in [4.78, 5) is 28.5. The van der Waals surface area contributed by atoms with Crippen LogP contribution in [0.4, 0.5) is 0 Å². The number of ether oxygens (including phenoxy) is 1. The molecule has 0 aromatic heterocycles. The Morgan fingerprint density at radius 1 is 1.14 bits per heavy atom. The van der Waals surface area contributed by atoms with Gasteiger partial charge in [0.15, 0.2) is 0 Å². The zero-order valence-corrected chi connectivity index (χ0v) is 17.2. The van der Waals surface area contributed by atoms with Gasteiger partial charge in [0.1, 0.15) is 17.3 Å². The van der Waals surface area contributed by atoms with Crippen molar-refractivity contribution in [3.05, 3.63) is 29.8 Å². The molecule has 1 aromatic rings. The van der Waals surface area contributed by atoms with Crippen molar-refractivity contribution in [1.29, 1.82) is 0 Å². The molecule has 6 nitrogen and oxygen atoms in total. The van der Waals surface area contributed by atoms with Crippen LogP contribution in [0.25, 0.3) is 0 Å². The number of rotatable bonds is 4. The molecule has 2 amide bonds. The van der Waals surface area contributed by atoms with Crippen LogP contribution in [-0.2, 0) is 16.1 Å². The maximum atomic E-state index is 13.5. The van der Waals surface area contributed by atoms with Crippen LogP contribution in [0.2, 0.25) is 0 Å². The molecular weight excluding hydrogens is 378 g/mol. The third-order valence-corrected chi connectivity index (χ3v) is 6.51. The summed E-state index contributed by atoms with van der Waals surface area (Å²) in [6.07, 6.45) is 6.24. The Bertz CT molecular complexity index is 697. The van der Waals surface area contributed by atoms with Crippen molar-refractivity contribution in [2.75, 3.05) is 20.2 Å². The second-order valence-corrected chi connectivity index (χ2v) is 8.08. The first-order chi connectivity index (χ1) is 13.1. The highest BCUT2D eigenvalue weighted by Crippen LogP contribution is 2.35. The minimum absolute atomic E-state index is 0. The van der Waals surface area contributed by atoms with E-state index in [2.05, 4.69) is 10.6 Å². The monoisotopic (exact) mass is 407 g/mol. The van der Waals surface area contributed by atoms with Crippen molar-refractivity contribution in [3.8, 4) is 5.75 Å². The van der Waals surface area contributed by atoms with E-state index in [0.717, 1.165) is 43.5 Å². The SMILES string of the molecule is COc1ccc(CN2C(=O)[C@@H](C3CCCCC3)NC(=O)[C@]23CCNC3)cc1.Cl. The molecule has 0 radical (unpaired) electrons. The van der Waals surface area contributed by atoms with E-state index in [-0.39, 0.29) is 36.2 Å². The zero-order valence-electron chi connectivity index (χ0n) is 16.4. The van der Waals surface area contributed by atoms with Crippen LogP contribution in [0.15, 0.2) is 24.3 Å². The van der Waals surface area contributed by atoms with Gasteiger partial charge in [0.2, 0.25) is 11.8 Å². The second kappa shape index (κ2) is 8.70. The number of halogens is 1. The fraction of sp³-hybridized carbons (Fsp3) is 0.619. The summed E-state index contributed by atoms with van der Waals surface area (Å²) in [5, 5.41) is 6.40. The molecule has 3 aliphatic rings. The van der Waals surface area contributed by atoms with E-state index in [1.807, 2.05) is 29.2 Å². The van der Waals surface area contributed by atoms with Gasteiger partial charge in [-0.3, -0.25) is 9.59 Å². The number of hydrogen-bond acceptors (Lipinski definition) is 4. The highest BCUT2D eigenvalue weighted by molar-refractivity contribution is 6.00. The number of piperazine rings is 1. The molecule has 0 unspecified atom stereocenters. The maximum absolute atomic E-state index is 13.5. The Balaban J connectivity index is 0.00000225. The van der Waals surface area contributed by atoms with Crippen LogP contribution in [0.3, 0.4) is 0 Å². The van der Waals surface area contributed by atoms with Gasteiger partial charge in [0, 0.05) is 13.1 Å². The predicted molar refractivity (Wildman–Crippen MR) is 110 cm³/mol. The van der Waals surface area contributed by atoms with Gasteiger partial charge in [0.25, 0.3) is 0 Å². The summed E-state index contributed by atoms with van der Waals surface area (Å²) in [6, 6.07) is 7.39. The third-order valence-electron chi connectivity index (χ3n) is 6.51. The van der Waals surface area contributed by atoms with E-state index in [1.165, 1.54) is 6.42 Å². The summed E-state index contributed by atoms with van der Waals surface area (Å²) < 4.78 is 5.23. The molecule has 4 rings (SSSR count). The van der Waals surface area contributed by atoms with Gasteiger partial charge in [0.05, 0.1) is 7.11 Å². The van der Waals surface area contributed by atoms with Crippen LogP contribution in [0.1, 0.15) is 44.1 Å². The van der Waals surface area contributed by atoms with Crippen molar-refractivity contribution in [1.82, 2.24) is 15.5 Å². The number of benzene rings is 1. The van der Waals surface area contributed by atoms with Crippen LogP contribution in [-0.4, -0.2) is 48.5 Å². The Morgan fingerprint density at radius 3 is 2.46 bits per heavy atom. The van der Waals surface area contributed by atoms with Crippen LogP contribution in [0.5, 0.6) is 5.75 Å². The van der Waals surface area contributed by atoms with Crippen molar-refractivity contribution in [2.45, 2.75) is 56.7 Å². The molecule has 1 aromatic carbocycles. The smallest absolute Gasteiger partial charge is 0.248 e. The molecule has 7 heteroatoms. The quantitative estimate of drug-likeness (QED) is 0.803. The Morgan fingerprint density at radius 2 is 1.86 bits per heavy atom. The van der Waals surface area contributed by atoms with Gasteiger partial charge >= 0.3 is 0 Å². The van der Waals surface area contributed by atoms with Crippen molar-refractivity contribution in [2.24, 2.45) is 5.92 Å². The topological polar surface area (TPSA) is 70.7 Å². The average molecular weight is 408 g/mol. The number of carbonyl (C=O) groups excluding carboxylic acids is 2. The molecule has 154 valence electrons. The van der Waals surface area contributed by atoms with Crippen LogP contribution in [0, 0.1) is 5.92 Å². The molecule has 2 heterocycles. The summed E-state index contributed by atoms with van der Waals surface area (Å²) >= 11 is 0. The van der Waals surface area contributed by atoms with E-state index in [4.69, 9.17) is 4.74 Å². The molecule has 28 heavy (non-hydrogen) atoms. The Kier molecular flexibility index (Phi) is 6.50. The van der Waals surface area contributed by atoms with Crippen molar-refractivity contribution < 1.29 is 14.3 Å². The summed E-state index contributed by atoms with van der Waals surface area (Å²) in [5.41, 5.74) is 0.259. The summed E-state index contributed by atoms with van der Waals surface area (Å²) in [6.45, 7) is 1.74. The number of hydrogen-bond donors (Lipinski definition) is 2. The largest absolute Gasteiger partial charge is 0.497 e. The standard InChI is InChI=1S/C21H29N3O3.ClH/c1-27-17-9-7-15(8-10-17)13-24-19(25)18(16-5-3-2-4-6-16)23-20(26)21(24)11-12-22-14-21;/h7-10,16,18,22H,2-6,11-14H2,1H3,(H,23,26);1H/t18-,21-;/m1./s1. The zero-order chi connectivity index (χ0) is 18.9. The third kappa shape index (κ3) is 3.72. The lowest BCUT2D eigenvalue weighted by Gasteiger charge is -2.48. The molecule has 3 fully saturated rings. The first-order valence-electron chi connectivity index (χ1n) is 10.1. The van der Waals surface area contributed by atoms with Crippen molar-refractivity contribution in [3.63, 3.8) is 0 Å². The van der Waals surface area contributed by atoms with Gasteiger partial charge in [-0.2, -0.15) is 0 Å². The van der Waals surface area contributed by atoms with Gasteiger partial charge in [-0.25, -0.2) is 0 Å². The Labute approximate surface area is 172 Å². The molecule has 2 aliphatic heterocycles. The normalized spacial score (nSPS) is 28.2. The first-order valence-corrected chi connectivity index (χ1v) is 10.1. The van der Waals surface area contributed by atoms with Crippen molar-refractivity contribution >= 4 is 24.2 Å². The van der Waals surface area contributed by atoms with Gasteiger partial charge in [-0.05, 0) is 49.4 Å². The number of amides is 2. The molecule has 1 aliphatic carbocycles. The summed E-state index contributed by atoms with van der Waals surface area (Å²) in [5.74, 6) is 1.15. The van der Waals surface area contributed by atoms with E-state index >= 15 is 0 Å². The van der Waals surface area contributed by atoms with Crippen LogP contribution < -0.4 is 15.4 Å². The number of carbonyl (C=O) groups is 2. The lowest BCUT2D eigenvalue weighted by molar-refractivity contribution is -0.159. The number of nitrogens with zero attached hydrogens (tertiary/aromatic N) is 1. The second-order valence-electron chi connectivity index (χ2n) is 8.08. The highest BCUT2D eigenvalue weighted by Gasteiger charge is 2.55. The fourth-order valence-corrected chi connectivity index (χ4v) is 4.87. The lowest BCUT2D eigenvalue weighted by atomic mass is 9.80. The first kappa shape index (κ1) is 20.9. The maximum Gasteiger partial charge on any atom is 0.248 e. The van der Waals surface area contributed by atoms with E-state index in [0.29, 0.717) is 19.5 Å². The lowest BCUT2D eigenvalue weighted by Crippen LogP contribution is -2.72. The van der Waals surface area contributed by atoms with E-state index in [1.54, 1.807) is 7.11 Å². The molecule has 0 bridgehead atoms. The van der Waals surface area contributed by atoms with E-state index in [9.17, 15) is 9.59 Å². The van der Waals surface area contributed by atoms with Gasteiger partial charge in [-0.15, -0.1) is 12.4 Å². The number of nitrogens with one attached hydrogen (secondary N) is 2. The van der Waals surface area contributed by atoms with E-state index < -0.39 is 5.54 Å².